The molecule has 2 heterocycles. The Morgan fingerprint density at radius 3 is 2.29 bits per heavy atom. The fraction of sp³-hybridized carbons (Fsp3) is 0.391. The molecule has 1 fully saturated rings. The second-order valence-corrected chi connectivity index (χ2v) is 8.45. The lowest BCUT2D eigenvalue weighted by Crippen LogP contribution is -2.32. The number of nitrogens with one attached hydrogen (secondary N) is 1. The number of benzene rings is 1. The van der Waals surface area contributed by atoms with Crippen LogP contribution in [0.2, 0.25) is 5.02 Å². The zero-order valence-corrected chi connectivity index (χ0v) is 17.3. The lowest BCUT2D eigenvalue weighted by Gasteiger charge is -2.32. The number of H-pyrrole nitrogens is 1. The van der Waals surface area contributed by atoms with Gasteiger partial charge in [-0.05, 0) is 81.9 Å². The number of aromatic nitrogens is 3. The van der Waals surface area contributed by atoms with Crippen LogP contribution in [0.4, 0.5) is 0 Å². The summed E-state index contributed by atoms with van der Waals surface area (Å²) < 4.78 is 0. The lowest BCUT2D eigenvalue weighted by molar-refractivity contribution is 0.193. The molecule has 3 aromatic rings. The Balaban J connectivity index is 1.64. The van der Waals surface area contributed by atoms with Gasteiger partial charge < -0.3 is 4.90 Å². The summed E-state index contributed by atoms with van der Waals surface area (Å²) in [6.45, 7) is 0. The molecule has 0 spiro atoms. The normalized spacial score (nSPS) is 19.9. The van der Waals surface area contributed by atoms with E-state index in [1.165, 1.54) is 36.9 Å². The maximum atomic E-state index is 6.08. The van der Waals surface area contributed by atoms with Crippen LogP contribution < -0.4 is 0 Å². The minimum absolute atomic E-state index is 0.704. The molecule has 0 unspecified atom stereocenters. The fourth-order valence-corrected chi connectivity index (χ4v) is 4.45. The first kappa shape index (κ1) is 19.2. The molecule has 1 N–H and O–H groups in total. The summed E-state index contributed by atoms with van der Waals surface area (Å²) in [6, 6.07) is 12.8. The van der Waals surface area contributed by atoms with Crippen LogP contribution in [0.3, 0.4) is 0 Å². The van der Waals surface area contributed by atoms with E-state index in [1.807, 2.05) is 36.7 Å². The van der Waals surface area contributed by atoms with Crippen molar-refractivity contribution < 1.29 is 0 Å². The topological polar surface area (TPSA) is 44.8 Å². The smallest absolute Gasteiger partial charge is 0.100 e. The number of rotatable bonds is 5. The predicted octanol–water partition coefficient (Wildman–Crippen LogP) is 5.46. The van der Waals surface area contributed by atoms with Crippen LogP contribution in [0.25, 0.3) is 22.4 Å². The average Bonchev–Trinajstić information content (AvgIpc) is 3.13. The van der Waals surface area contributed by atoms with Crippen LogP contribution in [0.5, 0.6) is 0 Å². The Bertz CT molecular complexity index is 894. The SMILES string of the molecule is CN(C)[C@H]1CC[C@@H](Cc2[nH]nc(-c3ccc(Cl)cc3)c2-c2ccncc2)CC1. The predicted molar refractivity (Wildman–Crippen MR) is 115 cm³/mol. The van der Waals surface area contributed by atoms with Crippen molar-refractivity contribution in [1.82, 2.24) is 20.1 Å². The van der Waals surface area contributed by atoms with Crippen LogP contribution in [0, 0.1) is 5.92 Å². The third kappa shape index (κ3) is 4.13. The molecule has 1 saturated carbocycles. The summed E-state index contributed by atoms with van der Waals surface area (Å²) >= 11 is 6.08. The van der Waals surface area contributed by atoms with Crippen LogP contribution in [0.15, 0.2) is 48.8 Å². The third-order valence-electron chi connectivity index (χ3n) is 5.97. The molecule has 5 heteroatoms. The molecule has 0 amide bonds. The van der Waals surface area contributed by atoms with E-state index in [1.54, 1.807) is 0 Å². The van der Waals surface area contributed by atoms with Gasteiger partial charge in [0.05, 0.1) is 0 Å². The maximum absolute atomic E-state index is 6.08. The van der Waals surface area contributed by atoms with Gasteiger partial charge >= 0.3 is 0 Å². The molecule has 0 atom stereocenters. The summed E-state index contributed by atoms with van der Waals surface area (Å²) in [6.07, 6.45) is 9.83. The quantitative estimate of drug-likeness (QED) is 0.625. The van der Waals surface area contributed by atoms with Gasteiger partial charge in [0.2, 0.25) is 0 Å². The van der Waals surface area contributed by atoms with Crippen LogP contribution >= 0.6 is 11.6 Å². The van der Waals surface area contributed by atoms with Gasteiger partial charge in [0.15, 0.2) is 0 Å². The largest absolute Gasteiger partial charge is 0.306 e. The van der Waals surface area contributed by atoms with E-state index in [4.69, 9.17) is 16.7 Å². The van der Waals surface area contributed by atoms with Crippen molar-refractivity contribution in [2.75, 3.05) is 14.1 Å². The van der Waals surface area contributed by atoms with Crippen molar-refractivity contribution in [2.45, 2.75) is 38.1 Å². The Hall–Kier alpha value is -2.17. The number of hydrogen-bond donors (Lipinski definition) is 1. The average molecular weight is 395 g/mol. The minimum atomic E-state index is 0.704. The van der Waals surface area contributed by atoms with Gasteiger partial charge in [-0.2, -0.15) is 5.10 Å². The zero-order valence-electron chi connectivity index (χ0n) is 16.5. The lowest BCUT2D eigenvalue weighted by atomic mass is 9.82. The van der Waals surface area contributed by atoms with E-state index in [0.29, 0.717) is 5.92 Å². The van der Waals surface area contributed by atoms with Gasteiger partial charge in [-0.15, -0.1) is 0 Å². The first-order valence-electron chi connectivity index (χ1n) is 10.0. The van der Waals surface area contributed by atoms with Crippen molar-refractivity contribution >= 4 is 11.6 Å². The number of pyridine rings is 1. The van der Waals surface area contributed by atoms with Crippen LogP contribution in [-0.2, 0) is 6.42 Å². The van der Waals surface area contributed by atoms with Crippen molar-refractivity contribution in [3.8, 4) is 22.4 Å². The zero-order chi connectivity index (χ0) is 19.5. The molecular formula is C23H27ClN4. The molecule has 4 rings (SSSR count). The molecule has 1 aliphatic carbocycles. The third-order valence-corrected chi connectivity index (χ3v) is 6.22. The molecule has 0 radical (unpaired) electrons. The van der Waals surface area contributed by atoms with E-state index < -0.39 is 0 Å². The molecule has 2 aromatic heterocycles. The molecular weight excluding hydrogens is 368 g/mol. The molecule has 1 aromatic carbocycles. The maximum Gasteiger partial charge on any atom is 0.100 e. The summed E-state index contributed by atoms with van der Waals surface area (Å²) in [5.74, 6) is 0.704. The highest BCUT2D eigenvalue weighted by Gasteiger charge is 2.25. The second-order valence-electron chi connectivity index (χ2n) is 8.01. The first-order chi connectivity index (χ1) is 13.6. The number of aromatic amines is 1. The van der Waals surface area contributed by atoms with Crippen molar-refractivity contribution in [3.05, 3.63) is 59.5 Å². The number of hydrogen-bond acceptors (Lipinski definition) is 3. The number of halogens is 1. The minimum Gasteiger partial charge on any atom is -0.306 e. The van der Waals surface area contributed by atoms with Crippen LogP contribution in [0.1, 0.15) is 31.4 Å². The molecule has 0 saturated heterocycles. The Kier molecular flexibility index (Phi) is 5.79. The highest BCUT2D eigenvalue weighted by atomic mass is 35.5. The molecule has 146 valence electrons. The molecule has 28 heavy (non-hydrogen) atoms. The van der Waals surface area contributed by atoms with Crippen molar-refractivity contribution in [2.24, 2.45) is 5.92 Å². The molecule has 4 nitrogen and oxygen atoms in total. The standard InChI is InChI=1S/C23H27ClN4/c1-28(2)20-9-3-16(4-10-20)15-21-22(17-11-13-25-14-12-17)23(27-26-21)18-5-7-19(24)8-6-18/h5-8,11-14,16,20H,3-4,9-10,15H2,1-2H3,(H,26,27)/t16-,20+. The molecule has 0 bridgehead atoms. The summed E-state index contributed by atoms with van der Waals surface area (Å²) in [4.78, 5) is 6.56. The summed E-state index contributed by atoms with van der Waals surface area (Å²) in [5, 5.41) is 8.80. The first-order valence-corrected chi connectivity index (χ1v) is 10.4. The Labute approximate surface area is 172 Å². The van der Waals surface area contributed by atoms with E-state index in [9.17, 15) is 0 Å². The van der Waals surface area contributed by atoms with Gasteiger partial charge in [-0.3, -0.25) is 10.1 Å². The van der Waals surface area contributed by atoms with Crippen LogP contribution in [-0.4, -0.2) is 40.2 Å². The number of nitrogens with zero attached hydrogens (tertiary/aromatic N) is 3. The van der Waals surface area contributed by atoms with Gasteiger partial charge in [0, 0.05) is 40.3 Å². The Morgan fingerprint density at radius 2 is 1.64 bits per heavy atom. The Morgan fingerprint density at radius 1 is 0.964 bits per heavy atom. The van der Waals surface area contributed by atoms with E-state index in [2.05, 4.69) is 41.2 Å². The van der Waals surface area contributed by atoms with Gasteiger partial charge in [0.25, 0.3) is 0 Å². The van der Waals surface area contributed by atoms with E-state index >= 15 is 0 Å². The fourth-order valence-electron chi connectivity index (χ4n) is 4.33. The highest BCUT2D eigenvalue weighted by Crippen LogP contribution is 2.37. The van der Waals surface area contributed by atoms with E-state index in [-0.39, 0.29) is 0 Å². The van der Waals surface area contributed by atoms with E-state index in [0.717, 1.165) is 34.3 Å². The monoisotopic (exact) mass is 394 g/mol. The van der Waals surface area contributed by atoms with Gasteiger partial charge in [-0.25, -0.2) is 0 Å². The molecule has 0 aliphatic heterocycles. The van der Waals surface area contributed by atoms with Gasteiger partial charge in [-0.1, -0.05) is 23.7 Å². The highest BCUT2D eigenvalue weighted by molar-refractivity contribution is 6.30. The van der Waals surface area contributed by atoms with Crippen molar-refractivity contribution in [1.29, 1.82) is 0 Å². The molecule has 1 aliphatic rings. The summed E-state index contributed by atoms with van der Waals surface area (Å²) in [5.41, 5.74) is 5.64. The second kappa shape index (κ2) is 8.46. The van der Waals surface area contributed by atoms with Gasteiger partial charge in [0.1, 0.15) is 5.69 Å². The van der Waals surface area contributed by atoms with Crippen molar-refractivity contribution in [3.63, 3.8) is 0 Å². The summed E-state index contributed by atoms with van der Waals surface area (Å²) in [7, 11) is 4.39.